The number of carbonyl (C=O) groups excluding carboxylic acids is 1. The Hall–Kier alpha value is -2.10. The summed E-state index contributed by atoms with van der Waals surface area (Å²) in [5.41, 5.74) is 2.40. The molecule has 1 unspecified atom stereocenters. The molecule has 0 aliphatic rings. The number of hydrogen-bond acceptors (Lipinski definition) is 1. The summed E-state index contributed by atoms with van der Waals surface area (Å²) in [5.74, 6) is -1.70. The number of hydrogen-bond donors (Lipinski definition) is 0. The molecule has 0 heterocycles. The highest BCUT2D eigenvalue weighted by molar-refractivity contribution is 6.01. The maximum atomic E-state index is 12.9. The summed E-state index contributed by atoms with van der Waals surface area (Å²) in [6.45, 7) is 3.60. The predicted octanol–water partition coefficient (Wildman–Crippen LogP) is 5.22. The van der Waals surface area contributed by atoms with Gasteiger partial charge in [-0.25, -0.2) is 0 Å². The van der Waals surface area contributed by atoms with Crippen LogP contribution in [0.25, 0.3) is 0 Å². The third-order valence-corrected chi connectivity index (χ3v) is 3.50. The summed E-state index contributed by atoms with van der Waals surface area (Å²) in [6.07, 6.45) is -5.54. The van der Waals surface area contributed by atoms with Gasteiger partial charge < -0.3 is 0 Å². The average Bonchev–Trinajstić information content (AvgIpc) is 2.43. The first-order valence-corrected chi connectivity index (χ1v) is 7.00. The zero-order chi connectivity index (χ0) is 16.3. The molecule has 0 aromatic heterocycles. The first-order chi connectivity index (χ1) is 10.3. The zero-order valence-corrected chi connectivity index (χ0v) is 12.4. The number of rotatable bonds is 4. The predicted molar refractivity (Wildman–Crippen MR) is 80.1 cm³/mol. The van der Waals surface area contributed by atoms with Crippen LogP contribution in [0.2, 0.25) is 0 Å². The van der Waals surface area contributed by atoms with Crippen molar-refractivity contribution in [2.24, 2.45) is 0 Å². The number of ketones is 1. The van der Waals surface area contributed by atoms with E-state index in [0.29, 0.717) is 11.1 Å². The minimum absolute atomic E-state index is 0.316. The number of Topliss-reactive ketones (excluding diaryl/α,β-unsaturated/α-hetero) is 1. The van der Waals surface area contributed by atoms with Crippen molar-refractivity contribution < 1.29 is 18.0 Å². The van der Waals surface area contributed by atoms with Crippen molar-refractivity contribution in [2.45, 2.75) is 32.4 Å². The first kappa shape index (κ1) is 16.3. The Bertz CT molecular complexity index is 674. The highest BCUT2D eigenvalue weighted by Crippen LogP contribution is 2.34. The summed E-state index contributed by atoms with van der Waals surface area (Å²) in [5, 5.41) is 0. The van der Waals surface area contributed by atoms with Gasteiger partial charge >= 0.3 is 6.18 Å². The van der Waals surface area contributed by atoms with Crippen LogP contribution < -0.4 is 0 Å². The van der Waals surface area contributed by atoms with Gasteiger partial charge in [-0.2, -0.15) is 13.2 Å². The fourth-order valence-electron chi connectivity index (χ4n) is 2.48. The van der Waals surface area contributed by atoms with Crippen molar-refractivity contribution in [1.82, 2.24) is 0 Å². The van der Waals surface area contributed by atoms with Crippen LogP contribution in [-0.2, 0) is 0 Å². The van der Waals surface area contributed by atoms with Crippen molar-refractivity contribution in [3.8, 4) is 0 Å². The Morgan fingerprint density at radius 2 is 1.59 bits per heavy atom. The molecule has 116 valence electrons. The number of alkyl halides is 3. The molecule has 0 amide bonds. The minimum Gasteiger partial charge on any atom is -0.293 e. The van der Waals surface area contributed by atoms with Gasteiger partial charge in [0.1, 0.15) is 0 Å². The van der Waals surface area contributed by atoms with Gasteiger partial charge in [-0.15, -0.1) is 0 Å². The number of benzene rings is 2. The van der Waals surface area contributed by atoms with E-state index < -0.39 is 24.3 Å². The third kappa shape index (κ3) is 4.20. The quantitative estimate of drug-likeness (QED) is 0.708. The standard InChI is InChI=1S/C18H17F3O/c1-12-5-3-7-14(9-12)16(11-18(19,20)21)17(22)15-8-4-6-13(2)10-15/h3-10,16H,11H2,1-2H3. The van der Waals surface area contributed by atoms with E-state index in [2.05, 4.69) is 0 Å². The lowest BCUT2D eigenvalue weighted by Gasteiger charge is -2.19. The molecule has 1 nitrogen and oxygen atoms in total. The Kier molecular flexibility index (Phi) is 4.69. The number of carbonyl (C=O) groups is 1. The summed E-state index contributed by atoms with van der Waals surface area (Å²) >= 11 is 0. The van der Waals surface area contributed by atoms with E-state index in [1.54, 1.807) is 49.4 Å². The van der Waals surface area contributed by atoms with Crippen LogP contribution >= 0.6 is 0 Å². The van der Waals surface area contributed by atoms with E-state index in [4.69, 9.17) is 0 Å². The number of aryl methyl sites for hydroxylation is 2. The Morgan fingerprint density at radius 1 is 1.00 bits per heavy atom. The Morgan fingerprint density at radius 3 is 2.14 bits per heavy atom. The van der Waals surface area contributed by atoms with Crippen LogP contribution in [0.5, 0.6) is 0 Å². The molecule has 0 saturated carbocycles. The molecule has 1 atom stereocenters. The lowest BCUT2D eigenvalue weighted by atomic mass is 9.87. The van der Waals surface area contributed by atoms with Gasteiger partial charge in [0.25, 0.3) is 0 Å². The second kappa shape index (κ2) is 6.34. The van der Waals surface area contributed by atoms with Crippen LogP contribution in [0.1, 0.15) is 39.4 Å². The van der Waals surface area contributed by atoms with Crippen molar-refractivity contribution >= 4 is 5.78 Å². The highest BCUT2D eigenvalue weighted by atomic mass is 19.4. The van der Waals surface area contributed by atoms with E-state index in [1.165, 1.54) is 0 Å². The second-order valence-corrected chi connectivity index (χ2v) is 5.52. The molecule has 22 heavy (non-hydrogen) atoms. The van der Waals surface area contributed by atoms with E-state index in [0.717, 1.165) is 11.1 Å². The van der Waals surface area contributed by atoms with E-state index in [-0.39, 0.29) is 0 Å². The smallest absolute Gasteiger partial charge is 0.293 e. The third-order valence-electron chi connectivity index (χ3n) is 3.50. The maximum Gasteiger partial charge on any atom is 0.390 e. The summed E-state index contributed by atoms with van der Waals surface area (Å²) in [4.78, 5) is 12.6. The lowest BCUT2D eigenvalue weighted by molar-refractivity contribution is -0.136. The largest absolute Gasteiger partial charge is 0.390 e. The summed E-state index contributed by atoms with van der Waals surface area (Å²) in [6, 6.07) is 13.4. The van der Waals surface area contributed by atoms with Gasteiger partial charge in [0.15, 0.2) is 5.78 Å². The van der Waals surface area contributed by atoms with Gasteiger partial charge in [0.05, 0.1) is 12.3 Å². The fraction of sp³-hybridized carbons (Fsp3) is 0.278. The molecule has 0 spiro atoms. The SMILES string of the molecule is Cc1cccc(C(=O)C(CC(F)(F)F)c2cccc(C)c2)c1. The monoisotopic (exact) mass is 306 g/mol. The Labute approximate surface area is 127 Å². The van der Waals surface area contributed by atoms with Crippen molar-refractivity contribution in [1.29, 1.82) is 0 Å². The Balaban J connectivity index is 2.42. The van der Waals surface area contributed by atoms with Crippen molar-refractivity contribution in [2.75, 3.05) is 0 Å². The van der Waals surface area contributed by atoms with Crippen LogP contribution in [0.4, 0.5) is 13.2 Å². The normalized spacial score (nSPS) is 13.0. The molecule has 2 rings (SSSR count). The van der Waals surface area contributed by atoms with E-state index in [9.17, 15) is 18.0 Å². The molecule has 0 N–H and O–H groups in total. The van der Waals surface area contributed by atoms with Gasteiger partial charge in [-0.05, 0) is 25.5 Å². The molecule has 4 heteroatoms. The fourth-order valence-corrected chi connectivity index (χ4v) is 2.48. The molecule has 2 aromatic carbocycles. The van der Waals surface area contributed by atoms with Crippen molar-refractivity contribution in [3.63, 3.8) is 0 Å². The first-order valence-electron chi connectivity index (χ1n) is 7.00. The van der Waals surface area contributed by atoms with Crippen molar-refractivity contribution in [3.05, 3.63) is 70.8 Å². The number of halogens is 3. The zero-order valence-electron chi connectivity index (χ0n) is 12.4. The molecule has 0 saturated heterocycles. The second-order valence-electron chi connectivity index (χ2n) is 5.52. The van der Waals surface area contributed by atoms with Crippen LogP contribution in [0.3, 0.4) is 0 Å². The molecule has 0 aliphatic carbocycles. The molecule has 2 aromatic rings. The van der Waals surface area contributed by atoms with E-state index >= 15 is 0 Å². The molecular formula is C18H17F3O. The molecule has 0 bridgehead atoms. The molecule has 0 radical (unpaired) electrons. The van der Waals surface area contributed by atoms with Crippen LogP contribution in [-0.4, -0.2) is 12.0 Å². The maximum absolute atomic E-state index is 12.9. The highest BCUT2D eigenvalue weighted by Gasteiger charge is 2.36. The van der Waals surface area contributed by atoms with Gasteiger partial charge in [0, 0.05) is 5.56 Å². The van der Waals surface area contributed by atoms with Crippen LogP contribution in [0, 0.1) is 13.8 Å². The van der Waals surface area contributed by atoms with Gasteiger partial charge in [0.2, 0.25) is 0 Å². The molecule has 0 aliphatic heterocycles. The van der Waals surface area contributed by atoms with Crippen LogP contribution in [0.15, 0.2) is 48.5 Å². The molecular weight excluding hydrogens is 289 g/mol. The van der Waals surface area contributed by atoms with Gasteiger partial charge in [-0.3, -0.25) is 4.79 Å². The summed E-state index contributed by atoms with van der Waals surface area (Å²) in [7, 11) is 0. The topological polar surface area (TPSA) is 17.1 Å². The molecule has 0 fully saturated rings. The summed E-state index contributed by atoms with van der Waals surface area (Å²) < 4.78 is 38.7. The lowest BCUT2D eigenvalue weighted by Crippen LogP contribution is -2.21. The van der Waals surface area contributed by atoms with Gasteiger partial charge in [-0.1, -0.05) is 53.6 Å². The average molecular weight is 306 g/mol. The van der Waals surface area contributed by atoms with E-state index in [1.807, 2.05) is 13.0 Å². The minimum atomic E-state index is -4.39.